The first kappa shape index (κ1) is 26.9. The maximum Gasteiger partial charge on any atom is 0.255 e. The molecule has 0 aliphatic carbocycles. The molecular weight excluding hydrogens is 478 g/mol. The summed E-state index contributed by atoms with van der Waals surface area (Å²) in [6.07, 6.45) is 0.696. The van der Waals surface area contributed by atoms with Gasteiger partial charge in [-0.1, -0.05) is 60.2 Å². The fourth-order valence-corrected chi connectivity index (χ4v) is 4.94. The van der Waals surface area contributed by atoms with E-state index in [-0.39, 0.29) is 24.3 Å². The van der Waals surface area contributed by atoms with E-state index in [2.05, 4.69) is 5.32 Å². The summed E-state index contributed by atoms with van der Waals surface area (Å²) in [4.78, 5) is 43.8. The van der Waals surface area contributed by atoms with Gasteiger partial charge in [-0.15, -0.1) is 0 Å². The summed E-state index contributed by atoms with van der Waals surface area (Å²) in [7, 11) is 1.61. The van der Waals surface area contributed by atoms with Crippen LogP contribution in [0.1, 0.15) is 46.8 Å². The summed E-state index contributed by atoms with van der Waals surface area (Å²) in [5.74, 6) is 0.260. The molecule has 1 aliphatic rings. The van der Waals surface area contributed by atoms with Crippen LogP contribution < -0.4 is 10.1 Å². The highest BCUT2D eigenvalue weighted by atomic mass is 16.5. The Kier molecular flexibility index (Phi) is 8.46. The fraction of sp³-hybridized carbons (Fsp3) is 0.323. The molecule has 1 saturated heterocycles. The minimum atomic E-state index is -1.12. The number of carbonyl (C=O) groups is 3. The smallest absolute Gasteiger partial charge is 0.255 e. The predicted octanol–water partition coefficient (Wildman–Crippen LogP) is 4.34. The number of amides is 3. The molecule has 7 heteroatoms. The average Bonchev–Trinajstić information content (AvgIpc) is 2.95. The molecule has 1 N–H and O–H groups in total. The van der Waals surface area contributed by atoms with E-state index in [0.29, 0.717) is 38.0 Å². The van der Waals surface area contributed by atoms with Crippen molar-refractivity contribution in [3.63, 3.8) is 0 Å². The van der Waals surface area contributed by atoms with Crippen LogP contribution in [0.2, 0.25) is 0 Å². The van der Waals surface area contributed by atoms with Crippen molar-refractivity contribution in [2.75, 3.05) is 20.2 Å². The van der Waals surface area contributed by atoms with E-state index < -0.39 is 5.54 Å². The van der Waals surface area contributed by atoms with Crippen LogP contribution in [0.5, 0.6) is 5.75 Å². The molecule has 0 aromatic heterocycles. The number of nitrogens with zero attached hydrogens (tertiary/aromatic N) is 2. The Labute approximate surface area is 224 Å². The largest absolute Gasteiger partial charge is 0.497 e. The number of rotatable bonds is 8. The third kappa shape index (κ3) is 6.05. The lowest BCUT2D eigenvalue weighted by atomic mass is 9.83. The summed E-state index contributed by atoms with van der Waals surface area (Å²) in [5.41, 5.74) is 2.31. The van der Waals surface area contributed by atoms with Crippen molar-refractivity contribution in [2.24, 2.45) is 0 Å². The van der Waals surface area contributed by atoms with Crippen LogP contribution in [0.15, 0.2) is 78.9 Å². The molecule has 1 aliphatic heterocycles. The molecule has 38 heavy (non-hydrogen) atoms. The summed E-state index contributed by atoms with van der Waals surface area (Å²) in [6, 6.07) is 24.6. The Morgan fingerprint density at radius 1 is 0.895 bits per heavy atom. The van der Waals surface area contributed by atoms with Crippen LogP contribution in [0.3, 0.4) is 0 Å². The molecule has 0 bridgehead atoms. The Balaban J connectivity index is 1.72. The summed E-state index contributed by atoms with van der Waals surface area (Å²) >= 11 is 0. The molecule has 1 heterocycles. The van der Waals surface area contributed by atoms with Crippen molar-refractivity contribution in [3.05, 3.63) is 101 Å². The van der Waals surface area contributed by atoms with Gasteiger partial charge in [-0.05, 0) is 55.2 Å². The first-order valence-corrected chi connectivity index (χ1v) is 12.9. The van der Waals surface area contributed by atoms with E-state index in [4.69, 9.17) is 4.74 Å². The van der Waals surface area contributed by atoms with Gasteiger partial charge in [0.05, 0.1) is 7.11 Å². The van der Waals surface area contributed by atoms with Gasteiger partial charge in [-0.25, -0.2) is 0 Å². The van der Waals surface area contributed by atoms with E-state index in [1.165, 1.54) is 6.92 Å². The van der Waals surface area contributed by atoms with Crippen molar-refractivity contribution in [1.82, 2.24) is 15.1 Å². The quantitative estimate of drug-likeness (QED) is 0.486. The topological polar surface area (TPSA) is 79.0 Å². The lowest BCUT2D eigenvalue weighted by molar-refractivity contribution is -0.141. The maximum atomic E-state index is 14.1. The molecule has 0 saturated carbocycles. The number of benzene rings is 3. The summed E-state index contributed by atoms with van der Waals surface area (Å²) in [6.45, 7) is 4.90. The lowest BCUT2D eigenvalue weighted by Gasteiger charge is -2.47. The molecule has 0 unspecified atom stereocenters. The lowest BCUT2D eigenvalue weighted by Crippen LogP contribution is -2.64. The van der Waals surface area contributed by atoms with E-state index in [1.807, 2.05) is 73.7 Å². The van der Waals surface area contributed by atoms with Gasteiger partial charge in [0.15, 0.2) is 0 Å². The molecule has 0 atom stereocenters. The number of piperidine rings is 1. The number of hydrogen-bond acceptors (Lipinski definition) is 4. The SMILES string of the molecule is COc1ccc(CN(C(=O)c2ccc(C)cc2)C2(C(=O)NCc3ccccc3)CCN(C(C)=O)CC2)cc1. The second kappa shape index (κ2) is 11.9. The number of aryl methyl sites for hydroxylation is 1. The third-order valence-electron chi connectivity index (χ3n) is 7.31. The van der Waals surface area contributed by atoms with E-state index in [1.54, 1.807) is 29.0 Å². The molecule has 0 spiro atoms. The van der Waals surface area contributed by atoms with Crippen LogP contribution in [0.25, 0.3) is 0 Å². The number of ether oxygens (including phenoxy) is 1. The van der Waals surface area contributed by atoms with E-state index in [0.717, 1.165) is 22.4 Å². The minimum Gasteiger partial charge on any atom is -0.497 e. The Hall–Kier alpha value is -4.13. The molecule has 3 aromatic carbocycles. The maximum absolute atomic E-state index is 14.1. The highest BCUT2D eigenvalue weighted by Gasteiger charge is 2.48. The molecule has 0 radical (unpaired) electrons. The monoisotopic (exact) mass is 513 g/mol. The summed E-state index contributed by atoms with van der Waals surface area (Å²) in [5, 5.41) is 3.10. The van der Waals surface area contributed by atoms with Gasteiger partial charge in [0.2, 0.25) is 11.8 Å². The highest BCUT2D eigenvalue weighted by molar-refractivity contribution is 5.99. The van der Waals surface area contributed by atoms with Crippen molar-refractivity contribution in [1.29, 1.82) is 0 Å². The predicted molar refractivity (Wildman–Crippen MR) is 147 cm³/mol. The second-order valence-electron chi connectivity index (χ2n) is 9.81. The van der Waals surface area contributed by atoms with Gasteiger partial charge in [-0.3, -0.25) is 14.4 Å². The van der Waals surface area contributed by atoms with Gasteiger partial charge >= 0.3 is 0 Å². The van der Waals surface area contributed by atoms with Crippen LogP contribution in [-0.4, -0.2) is 53.3 Å². The second-order valence-corrected chi connectivity index (χ2v) is 9.81. The first-order chi connectivity index (χ1) is 18.3. The van der Waals surface area contributed by atoms with E-state index in [9.17, 15) is 14.4 Å². The van der Waals surface area contributed by atoms with Gasteiger partial charge in [0.1, 0.15) is 11.3 Å². The third-order valence-corrected chi connectivity index (χ3v) is 7.31. The van der Waals surface area contributed by atoms with Crippen molar-refractivity contribution < 1.29 is 19.1 Å². The number of methoxy groups -OCH3 is 1. The highest BCUT2D eigenvalue weighted by Crippen LogP contribution is 2.33. The minimum absolute atomic E-state index is 0.0325. The summed E-state index contributed by atoms with van der Waals surface area (Å²) < 4.78 is 5.30. The molecule has 3 amide bonds. The Morgan fingerprint density at radius 3 is 2.11 bits per heavy atom. The number of likely N-dealkylation sites (tertiary alicyclic amines) is 1. The van der Waals surface area contributed by atoms with Gasteiger partial charge in [-0.2, -0.15) is 0 Å². The fourth-order valence-electron chi connectivity index (χ4n) is 4.94. The zero-order valence-corrected chi connectivity index (χ0v) is 22.3. The van der Waals surface area contributed by atoms with Crippen LogP contribution in [-0.2, 0) is 22.7 Å². The molecule has 4 rings (SSSR count). The molecule has 198 valence electrons. The van der Waals surface area contributed by atoms with Crippen LogP contribution in [0, 0.1) is 6.92 Å². The average molecular weight is 514 g/mol. The Morgan fingerprint density at radius 2 is 1.53 bits per heavy atom. The molecule has 7 nitrogen and oxygen atoms in total. The zero-order chi connectivity index (χ0) is 27.1. The van der Waals surface area contributed by atoms with E-state index >= 15 is 0 Å². The van der Waals surface area contributed by atoms with Gasteiger partial charge in [0.25, 0.3) is 5.91 Å². The molecule has 1 fully saturated rings. The molecule has 3 aromatic rings. The Bertz CT molecular complexity index is 1250. The normalized spacial score (nSPS) is 14.4. The number of carbonyl (C=O) groups excluding carboxylic acids is 3. The van der Waals surface area contributed by atoms with Crippen LogP contribution in [0.4, 0.5) is 0 Å². The standard InChI is InChI=1S/C31H35N3O4/c1-23-9-13-27(14-10-23)29(36)34(22-26-11-15-28(38-3)16-12-26)31(17-19-33(20-18-31)24(2)35)30(37)32-21-25-7-5-4-6-8-25/h4-16H,17-22H2,1-3H3,(H,32,37). The van der Waals surface area contributed by atoms with Gasteiger partial charge in [0, 0.05) is 38.7 Å². The number of hydrogen-bond donors (Lipinski definition) is 1. The zero-order valence-electron chi connectivity index (χ0n) is 22.3. The number of nitrogens with one attached hydrogen (secondary N) is 1. The first-order valence-electron chi connectivity index (χ1n) is 12.9. The van der Waals surface area contributed by atoms with Crippen LogP contribution >= 0.6 is 0 Å². The molecular formula is C31H35N3O4. The van der Waals surface area contributed by atoms with Crippen molar-refractivity contribution in [2.45, 2.75) is 45.3 Å². The van der Waals surface area contributed by atoms with Crippen molar-refractivity contribution in [3.8, 4) is 5.75 Å². The van der Waals surface area contributed by atoms with Gasteiger partial charge < -0.3 is 19.9 Å². The van der Waals surface area contributed by atoms with Crippen molar-refractivity contribution >= 4 is 17.7 Å².